The third kappa shape index (κ3) is 4.11. The Hall–Kier alpha value is -0.310. The van der Waals surface area contributed by atoms with Gasteiger partial charge in [0.05, 0.1) is 24.4 Å². The Balaban J connectivity index is 3.09. The lowest BCUT2D eigenvalue weighted by molar-refractivity contribution is -0.142. The van der Waals surface area contributed by atoms with Gasteiger partial charge in [0.15, 0.2) is 0 Å². The Morgan fingerprint density at radius 1 is 1.61 bits per heavy atom. The predicted molar refractivity (Wildman–Crippen MR) is 74.9 cm³/mol. The zero-order valence-corrected chi connectivity index (χ0v) is 13.3. The number of ether oxygens (including phenoxy) is 1. The van der Waals surface area contributed by atoms with Crippen LogP contribution in [0.1, 0.15) is 30.3 Å². The van der Waals surface area contributed by atoms with Crippen LogP contribution >= 0.6 is 38.5 Å². The lowest BCUT2D eigenvalue weighted by Gasteiger charge is -2.10. The predicted octanol–water partition coefficient (Wildman–Crippen LogP) is 3.62. The number of hydrogen-bond donors (Lipinski definition) is 0. The van der Waals surface area contributed by atoms with Crippen LogP contribution in [0.3, 0.4) is 0 Å². The van der Waals surface area contributed by atoms with Gasteiger partial charge in [0.1, 0.15) is 0 Å². The van der Waals surface area contributed by atoms with Crippen LogP contribution in [0.25, 0.3) is 0 Å². The van der Waals surface area contributed by atoms with Gasteiger partial charge in [0.25, 0.3) is 6.43 Å². The minimum Gasteiger partial charge on any atom is -0.466 e. The maximum absolute atomic E-state index is 12.8. The SMILES string of the molecule is CCOC(=O)Cc1nc(CBr)cc(C(F)F)c1I. The second-order valence-corrected chi connectivity index (χ2v) is 5.02. The van der Waals surface area contributed by atoms with Crippen LogP contribution in [-0.2, 0) is 21.3 Å². The molecule has 1 rings (SSSR count). The molecule has 7 heteroatoms. The standard InChI is InChI=1S/C11H11BrF2INO2/c1-2-18-9(17)4-8-10(15)7(11(13)14)3-6(5-12)16-8/h3,11H,2,4-5H2,1H3. The van der Waals surface area contributed by atoms with Gasteiger partial charge in [-0.3, -0.25) is 9.78 Å². The van der Waals surface area contributed by atoms with Gasteiger partial charge in [-0.05, 0) is 35.6 Å². The number of aromatic nitrogens is 1. The molecule has 3 nitrogen and oxygen atoms in total. The van der Waals surface area contributed by atoms with Gasteiger partial charge in [0, 0.05) is 14.5 Å². The summed E-state index contributed by atoms with van der Waals surface area (Å²) >= 11 is 4.96. The minimum atomic E-state index is -2.58. The fourth-order valence-electron chi connectivity index (χ4n) is 1.36. The van der Waals surface area contributed by atoms with Crippen LogP contribution in [0.4, 0.5) is 8.78 Å². The molecule has 0 amide bonds. The summed E-state index contributed by atoms with van der Waals surface area (Å²) in [7, 11) is 0. The summed E-state index contributed by atoms with van der Waals surface area (Å²) < 4.78 is 30.8. The Morgan fingerprint density at radius 3 is 2.78 bits per heavy atom. The molecule has 18 heavy (non-hydrogen) atoms. The molecule has 0 atom stereocenters. The average molecular weight is 434 g/mol. The molecular formula is C11H11BrF2INO2. The van der Waals surface area contributed by atoms with Crippen LogP contribution in [0.5, 0.6) is 0 Å². The van der Waals surface area contributed by atoms with Gasteiger partial charge in [0.2, 0.25) is 0 Å². The van der Waals surface area contributed by atoms with Crippen molar-refractivity contribution in [2.45, 2.75) is 25.1 Å². The van der Waals surface area contributed by atoms with E-state index in [-0.39, 0.29) is 18.6 Å². The molecule has 0 aliphatic rings. The number of carbonyl (C=O) groups is 1. The molecular weight excluding hydrogens is 423 g/mol. The molecule has 0 aliphatic carbocycles. The van der Waals surface area contributed by atoms with E-state index in [1.54, 1.807) is 29.5 Å². The Bertz CT molecular complexity index is 443. The third-order valence-electron chi connectivity index (χ3n) is 2.10. The first-order valence-corrected chi connectivity index (χ1v) is 7.37. The molecule has 1 aromatic heterocycles. The van der Waals surface area contributed by atoms with E-state index in [0.717, 1.165) is 0 Å². The van der Waals surface area contributed by atoms with Crippen molar-refractivity contribution in [1.82, 2.24) is 4.98 Å². The van der Waals surface area contributed by atoms with Crippen molar-refractivity contribution >= 4 is 44.5 Å². The molecule has 0 unspecified atom stereocenters. The lowest BCUT2D eigenvalue weighted by Crippen LogP contribution is -2.12. The molecule has 0 saturated heterocycles. The van der Waals surface area contributed by atoms with E-state index in [1.165, 1.54) is 6.07 Å². The molecule has 1 heterocycles. The van der Waals surface area contributed by atoms with Gasteiger partial charge < -0.3 is 4.74 Å². The molecule has 0 N–H and O–H groups in total. The number of halogens is 4. The van der Waals surface area contributed by atoms with Gasteiger partial charge >= 0.3 is 5.97 Å². The second-order valence-electron chi connectivity index (χ2n) is 3.38. The fourth-order valence-corrected chi connectivity index (χ4v) is 2.35. The molecule has 0 spiro atoms. The first-order chi connectivity index (χ1) is 8.49. The number of hydrogen-bond acceptors (Lipinski definition) is 3. The highest BCUT2D eigenvalue weighted by Gasteiger charge is 2.19. The number of alkyl halides is 3. The van der Waals surface area contributed by atoms with Crippen molar-refractivity contribution in [3.63, 3.8) is 0 Å². The number of rotatable bonds is 5. The van der Waals surface area contributed by atoms with E-state index >= 15 is 0 Å². The van der Waals surface area contributed by atoms with Crippen LogP contribution < -0.4 is 0 Å². The van der Waals surface area contributed by atoms with Crippen LogP contribution in [0, 0.1) is 3.57 Å². The summed E-state index contributed by atoms with van der Waals surface area (Å²) in [5, 5.41) is 0.361. The number of esters is 1. The first kappa shape index (κ1) is 15.7. The monoisotopic (exact) mass is 433 g/mol. The molecule has 0 radical (unpaired) electrons. The van der Waals surface area contributed by atoms with Crippen molar-refractivity contribution in [3.8, 4) is 0 Å². The van der Waals surface area contributed by atoms with E-state index < -0.39 is 12.4 Å². The van der Waals surface area contributed by atoms with Crippen molar-refractivity contribution in [3.05, 3.63) is 26.6 Å². The summed E-state index contributed by atoms with van der Waals surface area (Å²) in [5.41, 5.74) is 0.714. The van der Waals surface area contributed by atoms with E-state index in [4.69, 9.17) is 4.74 Å². The van der Waals surface area contributed by atoms with E-state index in [0.29, 0.717) is 20.3 Å². The summed E-state index contributed by atoms with van der Waals surface area (Å²) in [4.78, 5) is 15.5. The van der Waals surface area contributed by atoms with Crippen molar-refractivity contribution in [1.29, 1.82) is 0 Å². The summed E-state index contributed by atoms with van der Waals surface area (Å²) in [6.07, 6.45) is -2.68. The molecule has 0 saturated carbocycles. The normalized spacial score (nSPS) is 10.8. The Kier molecular flexibility index (Phi) is 6.40. The largest absolute Gasteiger partial charge is 0.466 e. The number of nitrogens with zero attached hydrogens (tertiary/aromatic N) is 1. The third-order valence-corrected chi connectivity index (χ3v) is 3.92. The summed E-state index contributed by atoms with van der Waals surface area (Å²) in [6.45, 7) is 1.95. The Labute approximate surface area is 126 Å². The maximum Gasteiger partial charge on any atom is 0.311 e. The molecule has 100 valence electrons. The van der Waals surface area contributed by atoms with E-state index in [9.17, 15) is 13.6 Å². The smallest absolute Gasteiger partial charge is 0.311 e. The molecule has 0 aromatic carbocycles. The number of pyridine rings is 1. The zero-order valence-electron chi connectivity index (χ0n) is 9.55. The highest BCUT2D eigenvalue weighted by Crippen LogP contribution is 2.28. The zero-order chi connectivity index (χ0) is 13.7. The van der Waals surface area contributed by atoms with Crippen molar-refractivity contribution in [2.24, 2.45) is 0 Å². The Morgan fingerprint density at radius 2 is 2.28 bits per heavy atom. The van der Waals surface area contributed by atoms with E-state index in [2.05, 4.69) is 20.9 Å². The lowest BCUT2D eigenvalue weighted by atomic mass is 10.1. The number of carbonyl (C=O) groups excluding carboxylic acids is 1. The van der Waals surface area contributed by atoms with Crippen LogP contribution in [0.15, 0.2) is 6.07 Å². The highest BCUT2D eigenvalue weighted by atomic mass is 127. The molecule has 0 fully saturated rings. The fraction of sp³-hybridized carbons (Fsp3) is 0.455. The van der Waals surface area contributed by atoms with Crippen molar-refractivity contribution in [2.75, 3.05) is 6.61 Å². The van der Waals surface area contributed by atoms with E-state index in [1.807, 2.05) is 0 Å². The van der Waals surface area contributed by atoms with Gasteiger partial charge in [-0.25, -0.2) is 8.78 Å². The quantitative estimate of drug-likeness (QED) is 0.404. The second kappa shape index (κ2) is 7.32. The topological polar surface area (TPSA) is 39.2 Å². The summed E-state index contributed by atoms with van der Waals surface area (Å²) in [6, 6.07) is 1.34. The van der Waals surface area contributed by atoms with Gasteiger partial charge in [-0.1, -0.05) is 15.9 Å². The summed E-state index contributed by atoms with van der Waals surface area (Å²) in [5.74, 6) is -0.463. The van der Waals surface area contributed by atoms with Crippen LogP contribution in [0.2, 0.25) is 0 Å². The van der Waals surface area contributed by atoms with Gasteiger partial charge in [-0.15, -0.1) is 0 Å². The molecule has 1 aromatic rings. The first-order valence-electron chi connectivity index (χ1n) is 5.17. The average Bonchev–Trinajstić information content (AvgIpc) is 2.31. The van der Waals surface area contributed by atoms with Crippen molar-refractivity contribution < 1.29 is 18.3 Å². The highest BCUT2D eigenvalue weighted by molar-refractivity contribution is 14.1. The van der Waals surface area contributed by atoms with Crippen LogP contribution in [-0.4, -0.2) is 17.6 Å². The molecule has 0 bridgehead atoms. The van der Waals surface area contributed by atoms with Gasteiger partial charge in [-0.2, -0.15) is 0 Å². The maximum atomic E-state index is 12.8. The minimum absolute atomic E-state index is 0.0906. The molecule has 0 aliphatic heterocycles.